The highest BCUT2D eigenvalue weighted by atomic mass is 32.2. The molecule has 0 bridgehead atoms. The van der Waals surface area contributed by atoms with Gasteiger partial charge in [-0.05, 0) is 37.3 Å². The number of aryl methyl sites for hydroxylation is 1. The molecule has 1 fully saturated rings. The highest BCUT2D eigenvalue weighted by molar-refractivity contribution is 8.02. The smallest absolute Gasteiger partial charge is 0.269 e. The van der Waals surface area contributed by atoms with Crippen LogP contribution < -0.4 is 15.1 Å². The Hall–Kier alpha value is -3.52. The Morgan fingerprint density at radius 2 is 1.88 bits per heavy atom. The van der Waals surface area contributed by atoms with Crippen molar-refractivity contribution >= 4 is 40.9 Å². The van der Waals surface area contributed by atoms with Crippen molar-refractivity contribution in [1.29, 1.82) is 0 Å². The zero-order valence-corrected chi connectivity index (χ0v) is 18.2. The van der Waals surface area contributed by atoms with Crippen LogP contribution in [0.15, 0.2) is 71.3 Å². The number of fused-ring (bicyclic) bond motifs is 2. The van der Waals surface area contributed by atoms with Crippen molar-refractivity contribution in [2.24, 2.45) is 0 Å². The van der Waals surface area contributed by atoms with E-state index in [4.69, 9.17) is 4.42 Å². The minimum atomic E-state index is -1.22. The lowest BCUT2D eigenvalue weighted by Crippen LogP contribution is -2.51. The van der Waals surface area contributed by atoms with Crippen LogP contribution in [0.5, 0.6) is 0 Å². The highest BCUT2D eigenvalue weighted by Crippen LogP contribution is 2.55. The fourth-order valence-corrected chi connectivity index (χ4v) is 5.56. The summed E-state index contributed by atoms with van der Waals surface area (Å²) in [5.41, 5.74) is 3.10. The first-order valence-electron chi connectivity index (χ1n) is 10.2. The Morgan fingerprint density at radius 3 is 2.62 bits per heavy atom. The van der Waals surface area contributed by atoms with Crippen LogP contribution in [0.3, 0.4) is 0 Å². The van der Waals surface area contributed by atoms with Gasteiger partial charge >= 0.3 is 0 Å². The molecule has 2 aromatic carbocycles. The molecule has 0 aliphatic carbocycles. The van der Waals surface area contributed by atoms with Gasteiger partial charge in [0.15, 0.2) is 0 Å². The molecular weight excluding hydrogens is 426 g/mol. The van der Waals surface area contributed by atoms with Crippen LogP contribution >= 0.6 is 11.8 Å². The summed E-state index contributed by atoms with van der Waals surface area (Å²) in [6.07, 6.45) is 1.54. The zero-order valence-electron chi connectivity index (χ0n) is 17.4. The van der Waals surface area contributed by atoms with E-state index in [1.54, 1.807) is 23.3 Å². The van der Waals surface area contributed by atoms with E-state index in [0.29, 0.717) is 17.1 Å². The van der Waals surface area contributed by atoms with Gasteiger partial charge in [0.1, 0.15) is 12.3 Å². The fraction of sp³-hybridized carbons (Fsp3) is 0.208. The summed E-state index contributed by atoms with van der Waals surface area (Å²) in [6.45, 7) is 2.07. The first kappa shape index (κ1) is 20.4. The van der Waals surface area contributed by atoms with Crippen molar-refractivity contribution in [3.8, 4) is 0 Å². The maximum Gasteiger partial charge on any atom is 0.269 e. The van der Waals surface area contributed by atoms with Gasteiger partial charge in [0, 0.05) is 11.3 Å². The number of para-hydroxylation sites is 1. The number of benzene rings is 2. The molecule has 3 aromatic rings. The molecule has 1 atom stereocenters. The number of hydrogen-bond acceptors (Lipinski definition) is 5. The molecule has 1 aromatic heterocycles. The summed E-state index contributed by atoms with van der Waals surface area (Å²) in [5.74, 6) is 0.0876. The summed E-state index contributed by atoms with van der Waals surface area (Å²) in [7, 11) is 0. The number of rotatable bonds is 5. The number of furan rings is 1. The van der Waals surface area contributed by atoms with Gasteiger partial charge in [0.05, 0.1) is 24.2 Å². The van der Waals surface area contributed by atoms with E-state index in [1.165, 1.54) is 16.7 Å². The van der Waals surface area contributed by atoms with Crippen LogP contribution in [-0.4, -0.2) is 30.0 Å². The molecule has 0 radical (unpaired) electrons. The van der Waals surface area contributed by atoms with Crippen LogP contribution in [0.4, 0.5) is 11.4 Å². The molecule has 3 heterocycles. The van der Waals surface area contributed by atoms with E-state index < -0.39 is 4.87 Å². The van der Waals surface area contributed by atoms with Gasteiger partial charge in [-0.25, -0.2) is 0 Å². The van der Waals surface area contributed by atoms with E-state index in [1.807, 2.05) is 55.5 Å². The normalized spacial score (nSPS) is 19.7. The topological polar surface area (TPSA) is 82.9 Å². The zero-order chi connectivity index (χ0) is 22.3. The largest absolute Gasteiger partial charge is 0.467 e. The summed E-state index contributed by atoms with van der Waals surface area (Å²) in [4.78, 5) is 41.4. The van der Waals surface area contributed by atoms with Crippen molar-refractivity contribution in [2.45, 2.75) is 18.3 Å². The Bertz CT molecular complexity index is 1190. The molecule has 3 amide bonds. The molecular formula is C24H21N3O4S. The second-order valence-electron chi connectivity index (χ2n) is 7.76. The number of amides is 3. The van der Waals surface area contributed by atoms with Crippen LogP contribution in [-0.2, 0) is 25.8 Å². The summed E-state index contributed by atoms with van der Waals surface area (Å²) >= 11 is 1.30. The molecule has 5 rings (SSSR count). The Morgan fingerprint density at radius 1 is 1.09 bits per heavy atom. The maximum atomic E-state index is 13.9. The van der Waals surface area contributed by atoms with Crippen molar-refractivity contribution in [1.82, 2.24) is 5.32 Å². The summed E-state index contributed by atoms with van der Waals surface area (Å²) in [5, 5.41) is 2.79. The first-order valence-corrected chi connectivity index (χ1v) is 11.2. The first-order chi connectivity index (χ1) is 15.5. The predicted molar refractivity (Wildman–Crippen MR) is 122 cm³/mol. The van der Waals surface area contributed by atoms with Gasteiger partial charge < -0.3 is 9.73 Å². The average molecular weight is 448 g/mol. The molecule has 32 heavy (non-hydrogen) atoms. The maximum absolute atomic E-state index is 13.9. The molecule has 7 nitrogen and oxygen atoms in total. The summed E-state index contributed by atoms with van der Waals surface area (Å²) in [6, 6.07) is 18.4. The number of carbonyl (C=O) groups excluding carboxylic acids is 3. The summed E-state index contributed by atoms with van der Waals surface area (Å²) < 4.78 is 5.25. The molecule has 1 N–H and O–H groups in total. The van der Waals surface area contributed by atoms with E-state index in [2.05, 4.69) is 5.32 Å². The molecule has 2 aliphatic heterocycles. The Balaban J connectivity index is 1.48. The average Bonchev–Trinajstić information content (AvgIpc) is 3.49. The fourth-order valence-electron chi connectivity index (χ4n) is 4.20. The second kappa shape index (κ2) is 7.87. The minimum Gasteiger partial charge on any atom is -0.467 e. The van der Waals surface area contributed by atoms with Gasteiger partial charge in [0.25, 0.3) is 5.91 Å². The third-order valence-corrected chi connectivity index (χ3v) is 7.08. The number of hydrogen-bond donors (Lipinski definition) is 1. The van der Waals surface area contributed by atoms with E-state index in [-0.39, 0.29) is 36.6 Å². The Labute approximate surface area is 189 Å². The monoisotopic (exact) mass is 447 g/mol. The van der Waals surface area contributed by atoms with Crippen LogP contribution in [0.1, 0.15) is 16.9 Å². The molecule has 162 valence electrons. The molecule has 0 saturated carbocycles. The second-order valence-corrected chi connectivity index (χ2v) is 8.93. The highest BCUT2D eigenvalue weighted by Gasteiger charge is 2.61. The number of thioether (sulfide) groups is 1. The van der Waals surface area contributed by atoms with E-state index >= 15 is 0 Å². The lowest BCUT2D eigenvalue weighted by Gasteiger charge is -2.33. The van der Waals surface area contributed by atoms with Crippen molar-refractivity contribution < 1.29 is 18.8 Å². The van der Waals surface area contributed by atoms with Crippen molar-refractivity contribution in [3.05, 3.63) is 83.8 Å². The third-order valence-electron chi connectivity index (χ3n) is 5.70. The SMILES string of the molecule is Cc1ccc(N2C(=O)CSC23C(=O)N(CC(=O)NCc2ccco2)c2ccccc23)cc1. The van der Waals surface area contributed by atoms with Gasteiger partial charge in [0.2, 0.25) is 16.7 Å². The van der Waals surface area contributed by atoms with E-state index in [9.17, 15) is 14.4 Å². The molecule has 1 saturated heterocycles. The molecule has 1 unspecified atom stereocenters. The number of carbonyl (C=O) groups is 3. The standard InChI is InChI=1S/C24H21N3O4S/c1-16-8-10-17(11-9-16)27-22(29)15-32-24(27)19-6-2-3-7-20(19)26(23(24)30)14-21(28)25-13-18-5-4-12-31-18/h2-12H,13-15H2,1H3,(H,25,28). The minimum absolute atomic E-state index is 0.133. The number of nitrogens with zero attached hydrogens (tertiary/aromatic N) is 2. The quantitative estimate of drug-likeness (QED) is 0.650. The van der Waals surface area contributed by atoms with Gasteiger partial charge in [-0.3, -0.25) is 24.2 Å². The van der Waals surface area contributed by atoms with Crippen molar-refractivity contribution in [2.75, 3.05) is 22.1 Å². The van der Waals surface area contributed by atoms with Crippen molar-refractivity contribution in [3.63, 3.8) is 0 Å². The van der Waals surface area contributed by atoms with Crippen LogP contribution in [0.2, 0.25) is 0 Å². The number of nitrogens with one attached hydrogen (secondary N) is 1. The lowest BCUT2D eigenvalue weighted by molar-refractivity contribution is -0.125. The lowest BCUT2D eigenvalue weighted by atomic mass is 10.0. The number of anilines is 2. The molecule has 1 spiro atoms. The Kier molecular flexibility index (Phi) is 5.01. The van der Waals surface area contributed by atoms with Gasteiger partial charge in [-0.1, -0.05) is 35.9 Å². The third kappa shape index (κ3) is 3.18. The van der Waals surface area contributed by atoms with Crippen LogP contribution in [0.25, 0.3) is 0 Å². The molecule has 2 aliphatic rings. The van der Waals surface area contributed by atoms with Gasteiger partial charge in [-0.15, -0.1) is 11.8 Å². The predicted octanol–water partition coefficient (Wildman–Crippen LogP) is 3.18. The van der Waals surface area contributed by atoms with Gasteiger partial charge in [-0.2, -0.15) is 0 Å². The van der Waals surface area contributed by atoms with E-state index in [0.717, 1.165) is 11.1 Å². The van der Waals surface area contributed by atoms with Crippen LogP contribution in [0, 0.1) is 6.92 Å². The molecule has 8 heteroatoms.